The number of nitrogens with zero attached hydrogens (tertiary/aromatic N) is 1. The van der Waals surface area contributed by atoms with Crippen molar-refractivity contribution in [2.24, 2.45) is 0 Å². The van der Waals surface area contributed by atoms with E-state index in [1.165, 1.54) is 17.5 Å². The van der Waals surface area contributed by atoms with Crippen LogP contribution in [0.5, 0.6) is 5.75 Å². The Morgan fingerprint density at radius 3 is 2.83 bits per heavy atom. The van der Waals surface area contributed by atoms with E-state index in [2.05, 4.69) is 22.8 Å². The van der Waals surface area contributed by atoms with E-state index in [4.69, 9.17) is 4.74 Å². The fourth-order valence-electron chi connectivity index (χ4n) is 3.98. The minimum atomic E-state index is -0.635. The third kappa shape index (κ3) is 4.36. The van der Waals surface area contributed by atoms with Crippen LogP contribution in [0.25, 0.3) is 0 Å². The molecule has 1 atom stereocenters. The molecular weight excluding hydrogens is 366 g/mol. The van der Waals surface area contributed by atoms with E-state index >= 15 is 0 Å². The molecule has 6 heteroatoms. The monoisotopic (exact) mass is 393 g/mol. The van der Waals surface area contributed by atoms with Crippen molar-refractivity contribution in [2.45, 2.75) is 38.7 Å². The highest BCUT2D eigenvalue weighted by atomic mass is 16.5. The molecule has 2 N–H and O–H groups in total. The van der Waals surface area contributed by atoms with Crippen molar-refractivity contribution in [1.82, 2.24) is 5.32 Å². The molecular formula is C23H27N3O3. The zero-order chi connectivity index (χ0) is 20.2. The highest BCUT2D eigenvalue weighted by Crippen LogP contribution is 2.33. The summed E-state index contributed by atoms with van der Waals surface area (Å²) in [5.74, 6) is 0.374. The maximum absolute atomic E-state index is 12.7. The molecule has 0 saturated heterocycles. The molecule has 2 amide bonds. The van der Waals surface area contributed by atoms with Gasteiger partial charge in [0, 0.05) is 12.2 Å². The Labute approximate surface area is 171 Å². The van der Waals surface area contributed by atoms with Crippen LogP contribution in [-0.2, 0) is 22.4 Å². The topological polar surface area (TPSA) is 70.7 Å². The summed E-state index contributed by atoms with van der Waals surface area (Å²) < 4.78 is 5.89. The molecule has 0 saturated carbocycles. The average Bonchev–Trinajstić information content (AvgIpc) is 3.19. The number of rotatable bonds is 6. The molecule has 0 fully saturated rings. The number of fused-ring (bicyclic) bond motifs is 2. The van der Waals surface area contributed by atoms with Crippen molar-refractivity contribution in [1.29, 1.82) is 0 Å². The molecule has 2 aromatic rings. The fraction of sp³-hybridized carbons (Fsp3) is 0.391. The summed E-state index contributed by atoms with van der Waals surface area (Å²) in [7, 11) is 0. The first-order valence-electron chi connectivity index (χ1n) is 10.3. The summed E-state index contributed by atoms with van der Waals surface area (Å²) >= 11 is 0. The van der Waals surface area contributed by atoms with Crippen LogP contribution in [0.15, 0.2) is 42.5 Å². The van der Waals surface area contributed by atoms with Crippen molar-refractivity contribution in [3.05, 3.63) is 53.6 Å². The van der Waals surface area contributed by atoms with E-state index in [0.717, 1.165) is 30.6 Å². The Bertz CT molecular complexity index is 912. The molecule has 1 heterocycles. The van der Waals surface area contributed by atoms with Crippen LogP contribution in [0.4, 0.5) is 11.4 Å². The van der Waals surface area contributed by atoms with Crippen LogP contribution in [0.3, 0.4) is 0 Å². The van der Waals surface area contributed by atoms with Crippen LogP contribution in [0, 0.1) is 0 Å². The van der Waals surface area contributed by atoms with Gasteiger partial charge in [-0.15, -0.1) is 0 Å². The Hall–Kier alpha value is -3.02. The second kappa shape index (κ2) is 8.55. The number of para-hydroxylation sites is 2. The average molecular weight is 393 g/mol. The lowest BCUT2D eigenvalue weighted by atomic mass is 10.1. The van der Waals surface area contributed by atoms with Gasteiger partial charge in [-0.25, -0.2) is 0 Å². The highest BCUT2D eigenvalue weighted by Gasteiger charge is 2.31. The Balaban J connectivity index is 1.46. The molecule has 4 rings (SSSR count). The predicted octanol–water partition coefficient (Wildman–Crippen LogP) is 2.91. The molecule has 1 aliphatic heterocycles. The van der Waals surface area contributed by atoms with Crippen molar-refractivity contribution in [3.8, 4) is 5.75 Å². The number of aryl methyl sites for hydroxylation is 2. The van der Waals surface area contributed by atoms with Gasteiger partial charge in [-0.2, -0.15) is 0 Å². The van der Waals surface area contributed by atoms with Crippen molar-refractivity contribution in [2.75, 3.05) is 29.9 Å². The van der Waals surface area contributed by atoms with Gasteiger partial charge in [-0.05, 0) is 61.1 Å². The second-order valence-corrected chi connectivity index (χ2v) is 7.63. The lowest BCUT2D eigenvalue weighted by Gasteiger charge is -2.35. The van der Waals surface area contributed by atoms with Gasteiger partial charge >= 0.3 is 0 Å². The standard InChI is InChI=1S/C23H27N3O3/c1-2-12-24-23(28)21-14-26(19-8-3-4-9-20(19)29-21)15-22(27)25-18-11-10-16-6-5-7-17(16)13-18/h3-4,8-11,13,21H,2,5-7,12,14-15H2,1H3,(H,24,28)(H,25,27)/t21-/m0/s1. The van der Waals surface area contributed by atoms with Crippen LogP contribution in [-0.4, -0.2) is 37.6 Å². The Morgan fingerprint density at radius 2 is 1.97 bits per heavy atom. The quantitative estimate of drug-likeness (QED) is 0.792. The number of carbonyl (C=O) groups excluding carboxylic acids is 2. The molecule has 152 valence electrons. The zero-order valence-corrected chi connectivity index (χ0v) is 16.7. The van der Waals surface area contributed by atoms with Crippen LogP contribution in [0.2, 0.25) is 0 Å². The number of ether oxygens (including phenoxy) is 1. The minimum absolute atomic E-state index is 0.104. The number of nitrogens with one attached hydrogen (secondary N) is 2. The van der Waals surface area contributed by atoms with Gasteiger partial charge in [0.05, 0.1) is 18.8 Å². The van der Waals surface area contributed by atoms with E-state index in [9.17, 15) is 9.59 Å². The summed E-state index contributed by atoms with van der Waals surface area (Å²) in [6, 6.07) is 13.7. The number of carbonyl (C=O) groups is 2. The smallest absolute Gasteiger partial charge is 0.262 e. The van der Waals surface area contributed by atoms with Gasteiger partial charge in [0.2, 0.25) is 5.91 Å². The normalized spacial score (nSPS) is 17.1. The van der Waals surface area contributed by atoms with E-state index < -0.39 is 6.10 Å². The van der Waals surface area contributed by atoms with E-state index in [1.54, 1.807) is 0 Å². The molecule has 0 bridgehead atoms. The lowest BCUT2D eigenvalue weighted by molar-refractivity contribution is -0.128. The second-order valence-electron chi connectivity index (χ2n) is 7.63. The minimum Gasteiger partial charge on any atom is -0.477 e. The van der Waals surface area contributed by atoms with E-state index in [1.807, 2.05) is 42.2 Å². The number of hydrogen-bond donors (Lipinski definition) is 2. The van der Waals surface area contributed by atoms with E-state index in [-0.39, 0.29) is 18.4 Å². The van der Waals surface area contributed by atoms with Crippen molar-refractivity contribution in [3.63, 3.8) is 0 Å². The molecule has 0 spiro atoms. The van der Waals surface area contributed by atoms with Gasteiger partial charge in [0.25, 0.3) is 5.91 Å². The largest absolute Gasteiger partial charge is 0.477 e. The fourth-order valence-corrected chi connectivity index (χ4v) is 3.98. The summed E-state index contributed by atoms with van der Waals surface area (Å²) in [5.41, 5.74) is 4.36. The third-order valence-corrected chi connectivity index (χ3v) is 5.42. The molecule has 29 heavy (non-hydrogen) atoms. The predicted molar refractivity (Wildman–Crippen MR) is 113 cm³/mol. The molecule has 2 aromatic carbocycles. The summed E-state index contributed by atoms with van der Waals surface area (Å²) in [6.45, 7) is 3.12. The van der Waals surface area contributed by atoms with Crippen LogP contribution < -0.4 is 20.3 Å². The molecule has 6 nitrogen and oxygen atoms in total. The Kier molecular flexibility index (Phi) is 5.69. The third-order valence-electron chi connectivity index (χ3n) is 5.42. The Morgan fingerprint density at radius 1 is 1.14 bits per heavy atom. The lowest BCUT2D eigenvalue weighted by Crippen LogP contribution is -2.50. The van der Waals surface area contributed by atoms with Gasteiger partial charge in [-0.1, -0.05) is 25.1 Å². The van der Waals surface area contributed by atoms with Gasteiger partial charge in [-0.3, -0.25) is 9.59 Å². The number of amides is 2. The highest BCUT2D eigenvalue weighted by molar-refractivity contribution is 5.95. The summed E-state index contributed by atoms with van der Waals surface area (Å²) in [4.78, 5) is 27.1. The molecule has 0 unspecified atom stereocenters. The maximum atomic E-state index is 12.7. The van der Waals surface area contributed by atoms with Gasteiger partial charge in [0.1, 0.15) is 5.75 Å². The van der Waals surface area contributed by atoms with Crippen LogP contribution >= 0.6 is 0 Å². The number of hydrogen-bond acceptors (Lipinski definition) is 4. The number of anilines is 2. The summed E-state index contributed by atoms with van der Waals surface area (Å²) in [6.07, 6.45) is 3.60. The maximum Gasteiger partial charge on any atom is 0.262 e. The molecule has 0 aromatic heterocycles. The molecule has 0 radical (unpaired) electrons. The number of benzene rings is 2. The molecule has 1 aliphatic carbocycles. The first-order chi connectivity index (χ1) is 14.1. The first-order valence-corrected chi connectivity index (χ1v) is 10.3. The zero-order valence-electron chi connectivity index (χ0n) is 16.7. The van der Waals surface area contributed by atoms with Gasteiger partial charge in [0.15, 0.2) is 6.10 Å². The SMILES string of the molecule is CCCNC(=O)[C@@H]1CN(CC(=O)Nc2ccc3c(c2)CCC3)c2ccccc2O1. The van der Waals surface area contributed by atoms with Crippen LogP contribution in [0.1, 0.15) is 30.9 Å². The van der Waals surface area contributed by atoms with Crippen molar-refractivity contribution < 1.29 is 14.3 Å². The van der Waals surface area contributed by atoms with Gasteiger partial charge < -0.3 is 20.3 Å². The molecule has 2 aliphatic rings. The van der Waals surface area contributed by atoms with Crippen molar-refractivity contribution >= 4 is 23.2 Å². The van der Waals surface area contributed by atoms with E-state index in [0.29, 0.717) is 18.8 Å². The summed E-state index contributed by atoms with van der Waals surface area (Å²) in [5, 5.41) is 5.89. The first kappa shape index (κ1) is 19.3.